The van der Waals surface area contributed by atoms with E-state index in [1.807, 2.05) is 6.92 Å². The first kappa shape index (κ1) is 12.4. The van der Waals surface area contributed by atoms with Crippen molar-refractivity contribution in [3.05, 3.63) is 24.3 Å². The topological polar surface area (TPSA) is 58.4 Å². The molecule has 3 N–H and O–H groups in total. The van der Waals surface area contributed by atoms with Crippen LogP contribution in [0.25, 0.3) is 0 Å². The van der Waals surface area contributed by atoms with Gasteiger partial charge in [0.1, 0.15) is 0 Å². The summed E-state index contributed by atoms with van der Waals surface area (Å²) in [5.41, 5.74) is 7.03. The summed E-state index contributed by atoms with van der Waals surface area (Å²) in [6.45, 7) is 5.52. The van der Waals surface area contributed by atoms with E-state index in [1.54, 1.807) is 29.2 Å². The number of benzene rings is 1. The Morgan fingerprint density at radius 3 is 2.44 bits per heavy atom. The number of hydrogen-bond donors (Lipinski definition) is 2. The van der Waals surface area contributed by atoms with Crippen LogP contribution in [0.15, 0.2) is 24.3 Å². The Kier molecular flexibility index (Phi) is 4.64. The highest BCUT2D eigenvalue weighted by Gasteiger charge is 2.09. The Hall–Kier alpha value is -1.71. The van der Waals surface area contributed by atoms with Crippen molar-refractivity contribution in [2.24, 2.45) is 0 Å². The number of urea groups is 1. The van der Waals surface area contributed by atoms with Gasteiger partial charge in [0.05, 0.1) is 0 Å². The second-order valence-corrected chi connectivity index (χ2v) is 3.63. The van der Waals surface area contributed by atoms with Gasteiger partial charge in [0.25, 0.3) is 0 Å². The molecule has 4 nitrogen and oxygen atoms in total. The molecule has 16 heavy (non-hydrogen) atoms. The highest BCUT2D eigenvalue weighted by atomic mass is 16.2. The van der Waals surface area contributed by atoms with Gasteiger partial charge in [-0.05, 0) is 37.6 Å². The summed E-state index contributed by atoms with van der Waals surface area (Å²) in [7, 11) is 0. The van der Waals surface area contributed by atoms with Crippen molar-refractivity contribution in [1.82, 2.24) is 4.90 Å². The highest BCUT2D eigenvalue weighted by Crippen LogP contribution is 2.11. The minimum Gasteiger partial charge on any atom is -0.399 e. The predicted molar refractivity (Wildman–Crippen MR) is 67.4 cm³/mol. The third kappa shape index (κ3) is 3.46. The van der Waals surface area contributed by atoms with Crippen LogP contribution in [0.4, 0.5) is 16.2 Å². The second kappa shape index (κ2) is 6.00. The molecular formula is C12H19N3O. The molecule has 88 valence electrons. The van der Waals surface area contributed by atoms with Gasteiger partial charge >= 0.3 is 6.03 Å². The van der Waals surface area contributed by atoms with Gasteiger partial charge in [0.2, 0.25) is 0 Å². The van der Waals surface area contributed by atoms with Crippen molar-refractivity contribution in [3.63, 3.8) is 0 Å². The average Bonchev–Trinajstić information content (AvgIpc) is 2.29. The summed E-state index contributed by atoms with van der Waals surface area (Å²) < 4.78 is 0. The standard InChI is InChI=1S/C12H19N3O/c1-3-9-15(4-2)12(16)14-11-7-5-10(13)6-8-11/h5-8H,3-4,9,13H2,1-2H3,(H,14,16). The molecule has 0 aromatic heterocycles. The number of carbonyl (C=O) groups excluding carboxylic acids is 1. The summed E-state index contributed by atoms with van der Waals surface area (Å²) in [6.07, 6.45) is 0.961. The molecule has 0 unspecified atom stereocenters. The smallest absolute Gasteiger partial charge is 0.321 e. The molecule has 0 heterocycles. The third-order valence-electron chi connectivity index (χ3n) is 2.32. The molecule has 1 aromatic rings. The van der Waals surface area contributed by atoms with Crippen LogP contribution in [-0.4, -0.2) is 24.0 Å². The zero-order valence-electron chi connectivity index (χ0n) is 9.86. The maximum atomic E-state index is 11.8. The van der Waals surface area contributed by atoms with E-state index >= 15 is 0 Å². The molecule has 0 saturated carbocycles. The lowest BCUT2D eigenvalue weighted by atomic mass is 10.3. The number of amides is 2. The summed E-state index contributed by atoms with van der Waals surface area (Å²) in [4.78, 5) is 13.6. The van der Waals surface area contributed by atoms with E-state index in [9.17, 15) is 4.79 Å². The van der Waals surface area contributed by atoms with Crippen LogP contribution in [0.2, 0.25) is 0 Å². The molecule has 0 radical (unpaired) electrons. The summed E-state index contributed by atoms with van der Waals surface area (Å²) >= 11 is 0. The molecule has 0 aliphatic carbocycles. The number of nitrogen functional groups attached to an aromatic ring is 1. The lowest BCUT2D eigenvalue weighted by Crippen LogP contribution is -2.35. The van der Waals surface area contributed by atoms with E-state index in [4.69, 9.17) is 5.73 Å². The molecule has 0 fully saturated rings. The number of rotatable bonds is 4. The Morgan fingerprint density at radius 2 is 1.94 bits per heavy atom. The first-order chi connectivity index (χ1) is 7.67. The molecule has 1 rings (SSSR count). The normalized spacial score (nSPS) is 9.88. The molecule has 0 aliphatic rings. The quantitative estimate of drug-likeness (QED) is 0.767. The minimum absolute atomic E-state index is 0.0610. The number of anilines is 2. The lowest BCUT2D eigenvalue weighted by Gasteiger charge is -2.20. The maximum Gasteiger partial charge on any atom is 0.321 e. The van der Waals surface area contributed by atoms with Crippen LogP contribution in [-0.2, 0) is 0 Å². The number of carbonyl (C=O) groups is 1. The van der Waals surface area contributed by atoms with E-state index in [-0.39, 0.29) is 6.03 Å². The van der Waals surface area contributed by atoms with Gasteiger partial charge < -0.3 is 16.0 Å². The van der Waals surface area contributed by atoms with E-state index < -0.39 is 0 Å². The van der Waals surface area contributed by atoms with Gasteiger partial charge in [0, 0.05) is 24.5 Å². The Balaban J connectivity index is 2.59. The fraction of sp³-hybridized carbons (Fsp3) is 0.417. The van der Waals surface area contributed by atoms with Gasteiger partial charge in [-0.1, -0.05) is 6.92 Å². The molecule has 0 aliphatic heterocycles. The first-order valence-electron chi connectivity index (χ1n) is 5.58. The fourth-order valence-corrected chi connectivity index (χ4v) is 1.44. The molecular weight excluding hydrogens is 202 g/mol. The lowest BCUT2D eigenvalue weighted by molar-refractivity contribution is 0.214. The fourth-order valence-electron chi connectivity index (χ4n) is 1.44. The van der Waals surface area contributed by atoms with Gasteiger partial charge in [-0.15, -0.1) is 0 Å². The Labute approximate surface area is 96.4 Å². The van der Waals surface area contributed by atoms with Crippen molar-refractivity contribution in [3.8, 4) is 0 Å². The maximum absolute atomic E-state index is 11.8. The van der Waals surface area contributed by atoms with Crippen LogP contribution < -0.4 is 11.1 Å². The zero-order chi connectivity index (χ0) is 12.0. The summed E-state index contributed by atoms with van der Waals surface area (Å²) in [5.74, 6) is 0. The molecule has 1 aromatic carbocycles. The second-order valence-electron chi connectivity index (χ2n) is 3.63. The predicted octanol–water partition coefficient (Wildman–Crippen LogP) is 2.53. The monoisotopic (exact) mass is 221 g/mol. The van der Waals surface area contributed by atoms with Crippen LogP contribution >= 0.6 is 0 Å². The van der Waals surface area contributed by atoms with E-state index in [2.05, 4.69) is 12.2 Å². The van der Waals surface area contributed by atoms with Crippen molar-refractivity contribution in [1.29, 1.82) is 0 Å². The van der Waals surface area contributed by atoms with E-state index in [1.165, 1.54) is 0 Å². The summed E-state index contributed by atoms with van der Waals surface area (Å²) in [6, 6.07) is 7.08. The van der Waals surface area contributed by atoms with Crippen LogP contribution in [0.1, 0.15) is 20.3 Å². The van der Waals surface area contributed by atoms with Crippen molar-refractivity contribution in [2.75, 3.05) is 24.1 Å². The zero-order valence-corrected chi connectivity index (χ0v) is 9.86. The largest absolute Gasteiger partial charge is 0.399 e. The van der Waals surface area contributed by atoms with Crippen LogP contribution in [0.3, 0.4) is 0 Å². The molecule has 0 atom stereocenters. The summed E-state index contributed by atoms with van der Waals surface area (Å²) in [5, 5.41) is 2.84. The first-order valence-corrected chi connectivity index (χ1v) is 5.58. The number of nitrogens with one attached hydrogen (secondary N) is 1. The van der Waals surface area contributed by atoms with Crippen LogP contribution in [0, 0.1) is 0 Å². The molecule has 4 heteroatoms. The SMILES string of the molecule is CCCN(CC)C(=O)Nc1ccc(N)cc1. The Bertz CT molecular complexity index is 335. The van der Waals surface area contributed by atoms with Crippen molar-refractivity contribution < 1.29 is 4.79 Å². The van der Waals surface area contributed by atoms with Gasteiger partial charge in [-0.3, -0.25) is 0 Å². The van der Waals surface area contributed by atoms with Gasteiger partial charge in [0.15, 0.2) is 0 Å². The van der Waals surface area contributed by atoms with Crippen molar-refractivity contribution >= 4 is 17.4 Å². The molecule has 0 saturated heterocycles. The van der Waals surface area contributed by atoms with Crippen LogP contribution in [0.5, 0.6) is 0 Å². The Morgan fingerprint density at radius 1 is 1.31 bits per heavy atom. The number of nitrogens with two attached hydrogens (primary N) is 1. The molecule has 0 spiro atoms. The van der Waals surface area contributed by atoms with Gasteiger partial charge in [-0.25, -0.2) is 4.79 Å². The van der Waals surface area contributed by atoms with E-state index in [0.717, 1.165) is 18.7 Å². The molecule has 2 amide bonds. The molecule has 0 bridgehead atoms. The third-order valence-corrected chi connectivity index (χ3v) is 2.32. The van der Waals surface area contributed by atoms with Crippen molar-refractivity contribution in [2.45, 2.75) is 20.3 Å². The number of hydrogen-bond acceptors (Lipinski definition) is 2. The highest BCUT2D eigenvalue weighted by molar-refractivity contribution is 5.89. The van der Waals surface area contributed by atoms with Gasteiger partial charge in [-0.2, -0.15) is 0 Å². The van der Waals surface area contributed by atoms with E-state index in [0.29, 0.717) is 12.2 Å². The number of nitrogens with zero attached hydrogens (tertiary/aromatic N) is 1. The minimum atomic E-state index is -0.0610. The average molecular weight is 221 g/mol.